The lowest BCUT2D eigenvalue weighted by Gasteiger charge is -2.22. The Morgan fingerprint density at radius 1 is 1.29 bits per heavy atom. The molecule has 1 aromatic rings. The van der Waals surface area contributed by atoms with Crippen molar-refractivity contribution in [2.45, 2.75) is 26.1 Å². The molecule has 2 aliphatic rings. The van der Waals surface area contributed by atoms with E-state index in [0.29, 0.717) is 47.0 Å². The Hall–Kier alpha value is -0.810. The number of ether oxygens (including phenoxy) is 2. The van der Waals surface area contributed by atoms with E-state index >= 15 is 0 Å². The number of amides is 1. The molecule has 21 heavy (non-hydrogen) atoms. The number of hydrogen-bond acceptors (Lipinski definition) is 3. The summed E-state index contributed by atoms with van der Waals surface area (Å²) in [5.74, 6) is -1.07. The van der Waals surface area contributed by atoms with E-state index in [2.05, 4.69) is 13.8 Å². The second-order valence-corrected chi connectivity index (χ2v) is 6.50. The van der Waals surface area contributed by atoms with E-state index in [4.69, 9.17) is 32.7 Å². The van der Waals surface area contributed by atoms with Crippen LogP contribution in [0.2, 0.25) is 10.0 Å². The Morgan fingerprint density at radius 3 is 2.57 bits per heavy atom. The predicted octanol–water partition coefficient (Wildman–Crippen LogP) is 3.59. The van der Waals surface area contributed by atoms with Crippen molar-refractivity contribution in [1.29, 1.82) is 0 Å². The van der Waals surface area contributed by atoms with Crippen molar-refractivity contribution in [3.63, 3.8) is 0 Å². The number of carbonyl (C=O) groups excluding carboxylic acids is 1. The van der Waals surface area contributed by atoms with Crippen LogP contribution in [0.15, 0.2) is 12.1 Å². The smallest absolute Gasteiger partial charge is 0.292 e. The number of carbonyl (C=O) groups is 1. The first-order valence-electron chi connectivity index (χ1n) is 7.05. The normalized spacial score (nSPS) is 19.9. The van der Waals surface area contributed by atoms with E-state index in [9.17, 15) is 4.79 Å². The first kappa shape index (κ1) is 15.1. The summed E-state index contributed by atoms with van der Waals surface area (Å²) in [7, 11) is 0. The summed E-state index contributed by atoms with van der Waals surface area (Å²) in [5, 5.41) is 0.801. The van der Waals surface area contributed by atoms with Crippen LogP contribution in [-0.4, -0.2) is 25.7 Å². The summed E-state index contributed by atoms with van der Waals surface area (Å²) >= 11 is 12.5. The maximum atomic E-state index is 12.8. The van der Waals surface area contributed by atoms with E-state index in [1.165, 1.54) is 0 Å². The Balaban J connectivity index is 2.08. The number of hydrogen-bond donors (Lipinski definition) is 0. The van der Waals surface area contributed by atoms with Crippen molar-refractivity contribution in [3.05, 3.63) is 27.7 Å². The molecule has 3 rings (SSSR count). The highest BCUT2D eigenvalue weighted by Gasteiger charge is 2.56. The fourth-order valence-electron chi connectivity index (χ4n) is 2.76. The lowest BCUT2D eigenvalue weighted by Crippen LogP contribution is -2.41. The van der Waals surface area contributed by atoms with Crippen molar-refractivity contribution in [1.82, 2.24) is 0 Å². The first-order chi connectivity index (χ1) is 9.97. The van der Waals surface area contributed by atoms with Crippen LogP contribution in [0.3, 0.4) is 0 Å². The number of fused-ring (bicyclic) bond motifs is 2. The number of halogens is 2. The third-order valence-electron chi connectivity index (χ3n) is 3.84. The van der Waals surface area contributed by atoms with Gasteiger partial charge in [0.1, 0.15) is 0 Å². The SMILES string of the molecule is CC(C)CCN1C(=O)C2(OCCO2)c2ccc(Cl)c(Cl)c21. The topological polar surface area (TPSA) is 38.8 Å². The van der Waals surface area contributed by atoms with Gasteiger partial charge in [-0.15, -0.1) is 0 Å². The number of anilines is 1. The van der Waals surface area contributed by atoms with Gasteiger partial charge in [0.25, 0.3) is 11.7 Å². The molecule has 0 unspecified atom stereocenters. The molecule has 0 radical (unpaired) electrons. The standard InChI is InChI=1S/C15H17Cl2NO3/c1-9(2)5-6-18-13-10(3-4-11(16)12(13)17)15(14(18)19)20-7-8-21-15/h3-4,9H,5-8H2,1-2H3. The molecule has 0 atom stereocenters. The number of nitrogens with zero attached hydrogens (tertiary/aromatic N) is 1. The summed E-state index contributed by atoms with van der Waals surface area (Å²) < 4.78 is 11.3. The summed E-state index contributed by atoms with van der Waals surface area (Å²) in [5.41, 5.74) is 1.28. The average molecular weight is 330 g/mol. The van der Waals surface area contributed by atoms with E-state index in [1.54, 1.807) is 17.0 Å². The Labute approximate surface area is 133 Å². The highest BCUT2D eigenvalue weighted by Crippen LogP contribution is 2.50. The predicted molar refractivity (Wildman–Crippen MR) is 81.9 cm³/mol. The van der Waals surface area contributed by atoms with Crippen LogP contribution in [0, 0.1) is 5.92 Å². The van der Waals surface area contributed by atoms with Gasteiger partial charge >= 0.3 is 0 Å². The molecule has 114 valence electrons. The van der Waals surface area contributed by atoms with Crippen LogP contribution in [0.5, 0.6) is 0 Å². The molecule has 4 nitrogen and oxygen atoms in total. The van der Waals surface area contributed by atoms with Gasteiger partial charge in [0.05, 0.1) is 28.9 Å². The van der Waals surface area contributed by atoms with Crippen molar-refractivity contribution in [2.75, 3.05) is 24.7 Å². The zero-order chi connectivity index (χ0) is 15.2. The van der Waals surface area contributed by atoms with Gasteiger partial charge in [-0.1, -0.05) is 37.0 Å². The molecule has 1 fully saturated rings. The van der Waals surface area contributed by atoms with E-state index in [-0.39, 0.29) is 5.91 Å². The van der Waals surface area contributed by atoms with Crippen molar-refractivity contribution in [2.24, 2.45) is 5.92 Å². The third kappa shape index (κ3) is 2.25. The van der Waals surface area contributed by atoms with Crippen LogP contribution in [-0.2, 0) is 20.1 Å². The van der Waals surface area contributed by atoms with Crippen LogP contribution >= 0.6 is 23.2 Å². The van der Waals surface area contributed by atoms with Gasteiger partial charge in [-0.05, 0) is 24.5 Å². The molecule has 0 aromatic heterocycles. The lowest BCUT2D eigenvalue weighted by molar-refractivity contribution is -0.180. The zero-order valence-corrected chi connectivity index (χ0v) is 13.5. The maximum Gasteiger partial charge on any atom is 0.292 e. The van der Waals surface area contributed by atoms with Crippen molar-refractivity contribution >= 4 is 34.8 Å². The fraction of sp³-hybridized carbons (Fsp3) is 0.533. The van der Waals surface area contributed by atoms with Crippen LogP contribution in [0.4, 0.5) is 5.69 Å². The largest absolute Gasteiger partial charge is 0.336 e. The van der Waals surface area contributed by atoms with Crippen LogP contribution < -0.4 is 4.90 Å². The summed E-state index contributed by atoms with van der Waals surface area (Å²) in [4.78, 5) is 14.5. The van der Waals surface area contributed by atoms with Crippen LogP contribution in [0.25, 0.3) is 0 Å². The van der Waals surface area contributed by atoms with Crippen molar-refractivity contribution < 1.29 is 14.3 Å². The highest BCUT2D eigenvalue weighted by molar-refractivity contribution is 6.44. The summed E-state index contributed by atoms with van der Waals surface area (Å²) in [6.07, 6.45) is 0.865. The minimum atomic E-state index is -1.33. The molecule has 0 aliphatic carbocycles. The third-order valence-corrected chi connectivity index (χ3v) is 4.64. The van der Waals surface area contributed by atoms with Crippen LogP contribution in [0.1, 0.15) is 25.8 Å². The van der Waals surface area contributed by atoms with Gasteiger partial charge in [-0.3, -0.25) is 4.79 Å². The van der Waals surface area contributed by atoms with Crippen molar-refractivity contribution in [3.8, 4) is 0 Å². The molecule has 0 saturated carbocycles. The highest BCUT2D eigenvalue weighted by atomic mass is 35.5. The number of benzene rings is 1. The quantitative estimate of drug-likeness (QED) is 0.850. The molecule has 0 bridgehead atoms. The molecule has 1 aromatic carbocycles. The average Bonchev–Trinajstić information content (AvgIpc) is 3.00. The second-order valence-electron chi connectivity index (χ2n) is 5.71. The minimum absolute atomic E-state index is 0.209. The second kappa shape index (κ2) is 5.43. The Morgan fingerprint density at radius 2 is 1.95 bits per heavy atom. The molecule has 6 heteroatoms. The monoisotopic (exact) mass is 329 g/mol. The Kier molecular flexibility index (Phi) is 3.91. The number of rotatable bonds is 3. The molecular formula is C15H17Cl2NO3. The van der Waals surface area contributed by atoms with Gasteiger partial charge in [0.2, 0.25) is 0 Å². The van der Waals surface area contributed by atoms with E-state index in [1.807, 2.05) is 0 Å². The Bertz CT molecular complexity index is 583. The zero-order valence-electron chi connectivity index (χ0n) is 12.0. The molecule has 1 spiro atoms. The molecule has 2 heterocycles. The molecule has 2 aliphatic heterocycles. The molecule has 1 saturated heterocycles. The van der Waals surface area contributed by atoms with E-state index < -0.39 is 5.79 Å². The fourth-order valence-corrected chi connectivity index (χ4v) is 3.18. The minimum Gasteiger partial charge on any atom is -0.336 e. The first-order valence-corrected chi connectivity index (χ1v) is 7.81. The summed E-state index contributed by atoms with van der Waals surface area (Å²) in [6.45, 7) is 5.57. The van der Waals surface area contributed by atoms with Gasteiger partial charge in [-0.25, -0.2) is 0 Å². The van der Waals surface area contributed by atoms with Gasteiger partial charge in [0, 0.05) is 12.1 Å². The molecule has 1 amide bonds. The summed E-state index contributed by atoms with van der Waals surface area (Å²) in [6, 6.07) is 3.44. The maximum absolute atomic E-state index is 12.8. The molecule has 0 N–H and O–H groups in total. The lowest BCUT2D eigenvalue weighted by atomic mass is 10.1. The van der Waals surface area contributed by atoms with Gasteiger partial charge in [0.15, 0.2) is 0 Å². The van der Waals surface area contributed by atoms with E-state index in [0.717, 1.165) is 6.42 Å². The van der Waals surface area contributed by atoms with Gasteiger partial charge in [-0.2, -0.15) is 0 Å². The van der Waals surface area contributed by atoms with Gasteiger partial charge < -0.3 is 14.4 Å². The molecular weight excluding hydrogens is 313 g/mol.